The highest BCUT2D eigenvalue weighted by Crippen LogP contribution is 2.33. The van der Waals surface area contributed by atoms with Gasteiger partial charge in [-0.05, 0) is 31.2 Å². The van der Waals surface area contributed by atoms with E-state index in [0.29, 0.717) is 0 Å². The topological polar surface area (TPSA) is 52.6 Å². The highest BCUT2D eigenvalue weighted by atomic mass is 19.2. The molecule has 0 aliphatic carbocycles. The molecule has 26 heavy (non-hydrogen) atoms. The quantitative estimate of drug-likeness (QED) is 0.443. The molecule has 2 aromatic carbocycles. The lowest BCUT2D eigenvalue weighted by atomic mass is 10.0. The molecule has 0 atom stereocenters. The Bertz CT molecular complexity index is 891. The second-order valence-electron chi connectivity index (χ2n) is 5.38. The van der Waals surface area contributed by atoms with Gasteiger partial charge in [0.1, 0.15) is 11.6 Å². The van der Waals surface area contributed by atoms with Gasteiger partial charge in [0, 0.05) is 29.2 Å². The highest BCUT2D eigenvalue weighted by molar-refractivity contribution is 5.88. The molecule has 7 heteroatoms. The van der Waals surface area contributed by atoms with Gasteiger partial charge in [0.2, 0.25) is 5.82 Å². The van der Waals surface area contributed by atoms with Crippen LogP contribution in [0.15, 0.2) is 42.5 Å². The number of carbonyl (C=O) groups excluding carboxylic acids is 2. The first-order valence-corrected chi connectivity index (χ1v) is 7.60. The average molecular weight is 364 g/mol. The van der Waals surface area contributed by atoms with Crippen molar-refractivity contribution in [2.45, 2.75) is 20.3 Å². The van der Waals surface area contributed by atoms with E-state index in [2.05, 4.69) is 11.3 Å². The Morgan fingerprint density at radius 1 is 1.00 bits per heavy atom. The fourth-order valence-corrected chi connectivity index (χ4v) is 1.99. The predicted molar refractivity (Wildman–Crippen MR) is 88.1 cm³/mol. The van der Waals surface area contributed by atoms with Gasteiger partial charge in [0.15, 0.2) is 11.6 Å². The molecule has 4 nitrogen and oxygen atoms in total. The van der Waals surface area contributed by atoms with Crippen molar-refractivity contribution in [2.75, 3.05) is 0 Å². The van der Waals surface area contributed by atoms with Crippen LogP contribution >= 0.6 is 0 Å². The van der Waals surface area contributed by atoms with Crippen LogP contribution in [0.1, 0.15) is 20.3 Å². The number of benzene rings is 2. The SMILES string of the molecule is C=C(C)C(=O)Oc1ccc(-c2ccc(OC(=O)CC)cc2F)c(F)c1F. The zero-order valence-electron chi connectivity index (χ0n) is 14.1. The zero-order valence-corrected chi connectivity index (χ0v) is 14.1. The fraction of sp³-hybridized carbons (Fsp3) is 0.158. The molecule has 0 unspecified atom stereocenters. The third kappa shape index (κ3) is 4.11. The monoisotopic (exact) mass is 364 g/mol. The maximum atomic E-state index is 14.3. The number of ether oxygens (including phenoxy) is 2. The van der Waals surface area contributed by atoms with Crippen molar-refractivity contribution in [3.05, 3.63) is 59.9 Å². The van der Waals surface area contributed by atoms with Crippen LogP contribution in [0, 0.1) is 17.5 Å². The van der Waals surface area contributed by atoms with Gasteiger partial charge in [-0.15, -0.1) is 0 Å². The van der Waals surface area contributed by atoms with Crippen LogP contribution in [0.2, 0.25) is 0 Å². The van der Waals surface area contributed by atoms with Crippen molar-refractivity contribution in [1.29, 1.82) is 0 Å². The molecule has 0 N–H and O–H groups in total. The summed E-state index contributed by atoms with van der Waals surface area (Å²) in [5.41, 5.74) is -0.601. The number of esters is 2. The maximum Gasteiger partial charge on any atom is 0.338 e. The van der Waals surface area contributed by atoms with Crippen LogP contribution < -0.4 is 9.47 Å². The number of halogens is 3. The van der Waals surface area contributed by atoms with Crippen LogP contribution in [0.25, 0.3) is 11.1 Å². The summed E-state index contributed by atoms with van der Waals surface area (Å²) in [5, 5.41) is 0. The minimum atomic E-state index is -1.43. The molecule has 0 aliphatic heterocycles. The number of hydrogen-bond acceptors (Lipinski definition) is 4. The van der Waals surface area contributed by atoms with E-state index in [1.54, 1.807) is 6.92 Å². The third-order valence-corrected chi connectivity index (χ3v) is 3.35. The van der Waals surface area contributed by atoms with Gasteiger partial charge in [-0.1, -0.05) is 13.5 Å². The smallest absolute Gasteiger partial charge is 0.338 e. The zero-order chi connectivity index (χ0) is 19.4. The lowest BCUT2D eigenvalue weighted by Crippen LogP contribution is -2.10. The van der Waals surface area contributed by atoms with Crippen molar-refractivity contribution in [1.82, 2.24) is 0 Å². The summed E-state index contributed by atoms with van der Waals surface area (Å²) in [6.07, 6.45) is 0.105. The number of rotatable bonds is 5. The lowest BCUT2D eigenvalue weighted by Gasteiger charge is -2.11. The summed E-state index contributed by atoms with van der Waals surface area (Å²) >= 11 is 0. The van der Waals surface area contributed by atoms with Crippen LogP contribution in [-0.2, 0) is 9.59 Å². The minimum Gasteiger partial charge on any atom is -0.426 e. The summed E-state index contributed by atoms with van der Waals surface area (Å²) in [5.74, 6) is -5.87. The Hall–Kier alpha value is -3.09. The lowest BCUT2D eigenvalue weighted by molar-refractivity contribution is -0.134. The minimum absolute atomic E-state index is 0.0112. The van der Waals surface area contributed by atoms with Gasteiger partial charge < -0.3 is 9.47 Å². The van der Waals surface area contributed by atoms with E-state index < -0.39 is 35.1 Å². The largest absolute Gasteiger partial charge is 0.426 e. The molecule has 0 aliphatic rings. The van der Waals surface area contributed by atoms with E-state index in [1.165, 1.54) is 13.0 Å². The third-order valence-electron chi connectivity index (χ3n) is 3.35. The molecule has 0 aromatic heterocycles. The maximum absolute atomic E-state index is 14.3. The van der Waals surface area contributed by atoms with Crippen molar-refractivity contribution in [2.24, 2.45) is 0 Å². The Morgan fingerprint density at radius 3 is 2.23 bits per heavy atom. The molecule has 136 valence electrons. The first-order chi connectivity index (χ1) is 12.2. The van der Waals surface area contributed by atoms with Crippen molar-refractivity contribution in [3.8, 4) is 22.6 Å². The molecule has 0 amide bonds. The van der Waals surface area contributed by atoms with Gasteiger partial charge in [0.05, 0.1) is 0 Å². The van der Waals surface area contributed by atoms with Gasteiger partial charge in [-0.25, -0.2) is 13.6 Å². The number of hydrogen-bond donors (Lipinski definition) is 0. The van der Waals surface area contributed by atoms with Crippen LogP contribution in [0.4, 0.5) is 13.2 Å². The summed E-state index contributed by atoms with van der Waals surface area (Å²) in [7, 11) is 0. The molecular formula is C19H15F3O4. The molecule has 0 spiro atoms. The summed E-state index contributed by atoms with van der Waals surface area (Å²) in [6, 6.07) is 5.41. The standard InChI is InChI=1S/C19H15F3O4/c1-4-16(23)25-11-5-6-12(14(20)9-11)13-7-8-15(18(22)17(13)21)26-19(24)10(2)3/h5-9H,2,4H2,1,3H3. The van der Waals surface area contributed by atoms with E-state index in [1.807, 2.05) is 0 Å². The van der Waals surface area contributed by atoms with Crippen molar-refractivity contribution >= 4 is 11.9 Å². The van der Waals surface area contributed by atoms with E-state index >= 15 is 0 Å². The van der Waals surface area contributed by atoms with Gasteiger partial charge >= 0.3 is 11.9 Å². The van der Waals surface area contributed by atoms with Gasteiger partial charge in [0.25, 0.3) is 0 Å². The molecule has 0 saturated carbocycles. The molecule has 2 rings (SSSR count). The predicted octanol–water partition coefficient (Wildman–Crippen LogP) is 4.57. The first kappa shape index (κ1) is 19.2. The average Bonchev–Trinajstić information content (AvgIpc) is 2.59. The first-order valence-electron chi connectivity index (χ1n) is 7.60. The fourth-order valence-electron chi connectivity index (χ4n) is 1.99. The van der Waals surface area contributed by atoms with Crippen LogP contribution in [0.3, 0.4) is 0 Å². The molecule has 0 bridgehead atoms. The molecule has 0 heterocycles. The van der Waals surface area contributed by atoms with Gasteiger partial charge in [-0.2, -0.15) is 4.39 Å². The Kier molecular flexibility index (Phi) is 5.82. The van der Waals surface area contributed by atoms with E-state index in [9.17, 15) is 22.8 Å². The summed E-state index contributed by atoms with van der Waals surface area (Å²) in [4.78, 5) is 22.6. The summed E-state index contributed by atoms with van der Waals surface area (Å²) in [6.45, 7) is 6.27. The Morgan fingerprint density at radius 2 is 1.65 bits per heavy atom. The normalized spacial score (nSPS) is 10.3. The highest BCUT2D eigenvalue weighted by Gasteiger charge is 2.20. The van der Waals surface area contributed by atoms with Crippen molar-refractivity contribution in [3.63, 3.8) is 0 Å². The van der Waals surface area contributed by atoms with Gasteiger partial charge in [-0.3, -0.25) is 4.79 Å². The Balaban J connectivity index is 2.37. The van der Waals surface area contributed by atoms with E-state index in [0.717, 1.165) is 24.3 Å². The van der Waals surface area contributed by atoms with E-state index in [-0.39, 0.29) is 28.9 Å². The molecular weight excluding hydrogens is 349 g/mol. The Labute approximate surface area is 147 Å². The molecule has 0 fully saturated rings. The molecule has 0 radical (unpaired) electrons. The second kappa shape index (κ2) is 7.86. The van der Waals surface area contributed by atoms with E-state index in [4.69, 9.17) is 4.74 Å². The second-order valence-corrected chi connectivity index (χ2v) is 5.38. The van der Waals surface area contributed by atoms with Crippen LogP contribution in [0.5, 0.6) is 11.5 Å². The summed E-state index contributed by atoms with van der Waals surface area (Å²) < 4.78 is 52.2. The number of carbonyl (C=O) groups is 2. The van der Waals surface area contributed by atoms with Crippen molar-refractivity contribution < 1.29 is 32.2 Å². The molecule has 0 saturated heterocycles. The molecule has 2 aromatic rings. The van der Waals surface area contributed by atoms with Crippen LogP contribution in [-0.4, -0.2) is 11.9 Å².